The number of nitrogens with one attached hydrogen (secondary N) is 1. The van der Waals surface area contributed by atoms with Gasteiger partial charge in [0, 0.05) is 19.0 Å². The van der Waals surface area contributed by atoms with Gasteiger partial charge in [0.25, 0.3) is 0 Å². The summed E-state index contributed by atoms with van der Waals surface area (Å²) in [7, 11) is -3.51. The van der Waals surface area contributed by atoms with E-state index < -0.39 is 15.8 Å². The Morgan fingerprint density at radius 1 is 1.09 bits per heavy atom. The van der Waals surface area contributed by atoms with Gasteiger partial charge in [-0.2, -0.15) is 0 Å². The zero-order valence-electron chi connectivity index (χ0n) is 19.5. The molecule has 0 spiro atoms. The second-order valence-corrected chi connectivity index (χ2v) is 11.4. The number of para-hydroxylation sites is 1. The van der Waals surface area contributed by atoms with Crippen LogP contribution in [0, 0.1) is 11.7 Å². The summed E-state index contributed by atoms with van der Waals surface area (Å²) in [6.45, 7) is 7.74. The fourth-order valence-electron chi connectivity index (χ4n) is 3.97. The number of piperidine rings is 1. The Morgan fingerprint density at radius 3 is 2.36 bits per heavy atom. The van der Waals surface area contributed by atoms with Gasteiger partial charge < -0.3 is 10.1 Å². The molecule has 3 rings (SSSR count). The number of nitrogens with zero attached hydrogens (tertiary/aromatic N) is 1. The third-order valence-corrected chi connectivity index (χ3v) is 7.68. The van der Waals surface area contributed by atoms with Crippen LogP contribution in [-0.4, -0.2) is 44.9 Å². The van der Waals surface area contributed by atoms with Crippen LogP contribution in [0.25, 0.3) is 0 Å². The van der Waals surface area contributed by atoms with Crippen molar-refractivity contribution in [2.45, 2.75) is 44.8 Å². The van der Waals surface area contributed by atoms with Crippen LogP contribution in [0.15, 0.2) is 48.5 Å². The van der Waals surface area contributed by atoms with E-state index in [4.69, 9.17) is 4.74 Å². The number of carbonyl (C=O) groups excluding carboxylic acids is 1. The van der Waals surface area contributed by atoms with E-state index in [0.717, 1.165) is 11.3 Å². The number of benzene rings is 2. The van der Waals surface area contributed by atoms with Gasteiger partial charge in [-0.1, -0.05) is 51.1 Å². The molecule has 1 amide bonds. The predicted molar refractivity (Wildman–Crippen MR) is 127 cm³/mol. The molecule has 0 aliphatic carbocycles. The van der Waals surface area contributed by atoms with Gasteiger partial charge in [0.15, 0.2) is 0 Å². The first-order valence-electron chi connectivity index (χ1n) is 11.3. The van der Waals surface area contributed by atoms with Crippen molar-refractivity contribution in [3.63, 3.8) is 0 Å². The Morgan fingerprint density at radius 2 is 1.73 bits per heavy atom. The van der Waals surface area contributed by atoms with E-state index in [2.05, 4.69) is 26.1 Å². The number of halogens is 1. The molecule has 1 N–H and O–H groups in total. The molecule has 0 aromatic heterocycles. The molecule has 0 atom stereocenters. The Labute approximate surface area is 196 Å². The lowest BCUT2D eigenvalue weighted by atomic mass is 9.86. The Hall–Kier alpha value is -2.45. The molecule has 0 unspecified atom stereocenters. The average Bonchev–Trinajstić information content (AvgIpc) is 2.78. The lowest BCUT2D eigenvalue weighted by molar-refractivity contribution is -0.126. The first kappa shape index (κ1) is 25.2. The second-order valence-electron chi connectivity index (χ2n) is 9.44. The van der Waals surface area contributed by atoms with Crippen LogP contribution in [0.5, 0.6) is 5.75 Å². The quantitative estimate of drug-likeness (QED) is 0.587. The number of ether oxygens (including phenoxy) is 1. The van der Waals surface area contributed by atoms with Crippen molar-refractivity contribution in [3.8, 4) is 5.75 Å². The Balaban J connectivity index is 1.43. The van der Waals surface area contributed by atoms with Crippen LogP contribution >= 0.6 is 0 Å². The molecule has 1 aliphatic heterocycles. The van der Waals surface area contributed by atoms with Gasteiger partial charge in [0.1, 0.15) is 18.2 Å². The maximum atomic E-state index is 13.0. The zero-order valence-corrected chi connectivity index (χ0v) is 20.3. The van der Waals surface area contributed by atoms with Crippen molar-refractivity contribution < 1.29 is 22.3 Å². The van der Waals surface area contributed by atoms with Crippen LogP contribution in [0.4, 0.5) is 4.39 Å². The van der Waals surface area contributed by atoms with Gasteiger partial charge in [-0.05, 0) is 47.6 Å². The summed E-state index contributed by atoms with van der Waals surface area (Å²) < 4.78 is 45.7. The Bertz CT molecular complexity index is 1040. The third kappa shape index (κ3) is 7.01. The number of hydrogen-bond acceptors (Lipinski definition) is 4. The minimum atomic E-state index is -3.51. The summed E-state index contributed by atoms with van der Waals surface area (Å²) in [6.07, 6.45) is 0.949. The maximum Gasteiger partial charge on any atom is 0.223 e. The third-order valence-electron chi connectivity index (χ3n) is 5.83. The van der Waals surface area contributed by atoms with Crippen LogP contribution in [0.2, 0.25) is 0 Å². The van der Waals surface area contributed by atoms with Gasteiger partial charge in [0.2, 0.25) is 15.9 Å². The van der Waals surface area contributed by atoms with Gasteiger partial charge in [-0.25, -0.2) is 17.1 Å². The highest BCUT2D eigenvalue weighted by atomic mass is 32.2. The topological polar surface area (TPSA) is 75.7 Å². The van der Waals surface area contributed by atoms with E-state index >= 15 is 0 Å². The normalized spacial score (nSPS) is 15.9. The molecule has 8 heteroatoms. The standard InChI is InChI=1S/C25H33FN2O4S/c1-25(2,3)22-6-4-5-7-23(22)32-17-14-27-24(29)20-12-15-28(16-13-20)33(30,31)18-19-8-10-21(26)11-9-19/h4-11,20H,12-18H2,1-3H3,(H,27,29). The summed E-state index contributed by atoms with van der Waals surface area (Å²) in [5.74, 6) is -0.0366. The minimum Gasteiger partial charge on any atom is -0.491 e. The molecule has 6 nitrogen and oxygen atoms in total. The van der Waals surface area contributed by atoms with Crippen molar-refractivity contribution in [2.24, 2.45) is 5.92 Å². The van der Waals surface area contributed by atoms with E-state index in [9.17, 15) is 17.6 Å². The fourth-order valence-corrected chi connectivity index (χ4v) is 5.53. The molecule has 0 bridgehead atoms. The first-order chi connectivity index (χ1) is 15.6. The van der Waals surface area contributed by atoms with Crippen LogP contribution < -0.4 is 10.1 Å². The molecule has 2 aromatic rings. The molecule has 1 aliphatic rings. The maximum absolute atomic E-state index is 13.0. The summed E-state index contributed by atoms with van der Waals surface area (Å²) in [5, 5.41) is 2.91. The number of carbonyl (C=O) groups is 1. The molecule has 180 valence electrons. The number of sulfonamides is 1. The van der Waals surface area contributed by atoms with Gasteiger partial charge in [-0.15, -0.1) is 0 Å². The monoisotopic (exact) mass is 476 g/mol. The predicted octanol–water partition coefficient (Wildman–Crippen LogP) is 3.86. The summed E-state index contributed by atoms with van der Waals surface area (Å²) in [6, 6.07) is 13.4. The molecule has 1 heterocycles. The minimum absolute atomic E-state index is 0.0369. The highest BCUT2D eigenvalue weighted by Gasteiger charge is 2.31. The van der Waals surface area contributed by atoms with Crippen LogP contribution in [0.1, 0.15) is 44.7 Å². The largest absolute Gasteiger partial charge is 0.491 e. The van der Waals surface area contributed by atoms with Crippen molar-refractivity contribution in [3.05, 3.63) is 65.5 Å². The fraction of sp³-hybridized carbons (Fsp3) is 0.480. The van der Waals surface area contributed by atoms with Crippen LogP contribution in [-0.2, 0) is 26.0 Å². The molecular formula is C25H33FN2O4S. The molecule has 33 heavy (non-hydrogen) atoms. The lowest BCUT2D eigenvalue weighted by Gasteiger charge is -2.30. The molecule has 1 fully saturated rings. The summed E-state index contributed by atoms with van der Waals surface area (Å²) in [4.78, 5) is 12.5. The lowest BCUT2D eigenvalue weighted by Crippen LogP contribution is -2.43. The van der Waals surface area contributed by atoms with Gasteiger partial charge >= 0.3 is 0 Å². The first-order valence-corrected chi connectivity index (χ1v) is 12.9. The average molecular weight is 477 g/mol. The summed E-state index contributed by atoms with van der Waals surface area (Å²) >= 11 is 0. The number of amides is 1. The number of hydrogen-bond donors (Lipinski definition) is 1. The highest BCUT2D eigenvalue weighted by Crippen LogP contribution is 2.30. The van der Waals surface area contributed by atoms with E-state index in [1.165, 1.54) is 28.6 Å². The summed E-state index contributed by atoms with van der Waals surface area (Å²) in [5.41, 5.74) is 1.63. The SMILES string of the molecule is CC(C)(C)c1ccccc1OCCNC(=O)C1CCN(S(=O)(=O)Cc2ccc(F)cc2)CC1. The molecular weight excluding hydrogens is 443 g/mol. The van der Waals surface area contributed by atoms with Crippen LogP contribution in [0.3, 0.4) is 0 Å². The van der Waals surface area contributed by atoms with Crippen molar-refractivity contribution in [1.82, 2.24) is 9.62 Å². The van der Waals surface area contributed by atoms with E-state index in [1.54, 1.807) is 0 Å². The number of rotatable bonds is 8. The zero-order chi connectivity index (χ0) is 24.1. The molecule has 0 saturated carbocycles. The van der Waals surface area contributed by atoms with Gasteiger partial charge in [0.05, 0.1) is 12.3 Å². The molecule has 0 radical (unpaired) electrons. The van der Waals surface area contributed by atoms with E-state index in [0.29, 0.717) is 44.6 Å². The molecule has 2 aromatic carbocycles. The van der Waals surface area contributed by atoms with Crippen molar-refractivity contribution in [2.75, 3.05) is 26.2 Å². The smallest absolute Gasteiger partial charge is 0.223 e. The van der Waals surface area contributed by atoms with Crippen molar-refractivity contribution >= 4 is 15.9 Å². The highest BCUT2D eigenvalue weighted by molar-refractivity contribution is 7.88. The Kier molecular flexibility index (Phi) is 8.13. The second kappa shape index (κ2) is 10.7. The van der Waals surface area contributed by atoms with E-state index in [1.807, 2.05) is 24.3 Å². The van der Waals surface area contributed by atoms with Gasteiger partial charge in [-0.3, -0.25) is 4.79 Å². The van der Waals surface area contributed by atoms with E-state index in [-0.39, 0.29) is 23.0 Å². The van der Waals surface area contributed by atoms with Crippen molar-refractivity contribution in [1.29, 1.82) is 0 Å². The molecule has 1 saturated heterocycles.